The molecule has 0 bridgehead atoms. The number of amides is 1. The van der Waals surface area contributed by atoms with E-state index in [1.807, 2.05) is 0 Å². The molecule has 0 aliphatic carbocycles. The maximum Gasteiger partial charge on any atom is 0.270 e. The third kappa shape index (κ3) is 3.91. The van der Waals surface area contributed by atoms with Gasteiger partial charge in [0.25, 0.3) is 11.6 Å². The second-order valence-electron chi connectivity index (χ2n) is 6.09. The molecule has 1 amide bonds. The fourth-order valence-corrected chi connectivity index (χ4v) is 3.02. The van der Waals surface area contributed by atoms with Crippen molar-refractivity contribution in [3.63, 3.8) is 0 Å². The lowest BCUT2D eigenvalue weighted by Crippen LogP contribution is -2.12. The number of rotatable bonds is 4. The quantitative estimate of drug-likeness (QED) is 0.319. The first-order valence-electron chi connectivity index (χ1n) is 8.32. The topological polar surface area (TPSA) is 98.3 Å². The first-order valence-corrected chi connectivity index (χ1v) is 9.08. The first-order chi connectivity index (χ1) is 13.9. The van der Waals surface area contributed by atoms with E-state index >= 15 is 0 Å². The highest BCUT2D eigenvalue weighted by molar-refractivity contribution is 6.42. The van der Waals surface area contributed by atoms with Gasteiger partial charge in [-0.05, 0) is 42.5 Å². The first kappa shape index (κ1) is 18.9. The van der Waals surface area contributed by atoms with Crippen LogP contribution in [0.5, 0.6) is 0 Å². The SMILES string of the molecule is O=C(Nc1ccc2oc(-c3ccc(Cl)c(Cl)c3)nc2c1)c1cccc([N+](=O)[O-])c1. The van der Waals surface area contributed by atoms with Crippen LogP contribution in [0.15, 0.2) is 65.1 Å². The largest absolute Gasteiger partial charge is 0.436 e. The molecule has 1 aromatic heterocycles. The van der Waals surface area contributed by atoms with Crippen molar-refractivity contribution in [1.29, 1.82) is 0 Å². The molecule has 3 aromatic carbocycles. The van der Waals surface area contributed by atoms with Gasteiger partial charge in [0.1, 0.15) is 5.52 Å². The molecule has 9 heteroatoms. The van der Waals surface area contributed by atoms with Gasteiger partial charge >= 0.3 is 0 Å². The molecule has 1 N–H and O–H groups in total. The smallest absolute Gasteiger partial charge is 0.270 e. The van der Waals surface area contributed by atoms with E-state index in [1.165, 1.54) is 24.3 Å². The summed E-state index contributed by atoms with van der Waals surface area (Å²) in [5.74, 6) is -0.109. The number of anilines is 1. The number of nitro groups is 1. The number of halogens is 2. The van der Waals surface area contributed by atoms with Gasteiger partial charge < -0.3 is 9.73 Å². The van der Waals surface area contributed by atoms with Gasteiger partial charge in [-0.25, -0.2) is 4.98 Å². The Morgan fingerprint density at radius 2 is 1.86 bits per heavy atom. The molecule has 4 aromatic rings. The highest BCUT2D eigenvalue weighted by Crippen LogP contribution is 2.31. The fourth-order valence-electron chi connectivity index (χ4n) is 2.72. The Labute approximate surface area is 174 Å². The van der Waals surface area contributed by atoms with Crippen LogP contribution in [0.25, 0.3) is 22.6 Å². The van der Waals surface area contributed by atoms with E-state index in [1.54, 1.807) is 36.4 Å². The van der Waals surface area contributed by atoms with Crippen molar-refractivity contribution < 1.29 is 14.1 Å². The summed E-state index contributed by atoms with van der Waals surface area (Å²) in [6, 6.07) is 15.5. The Balaban J connectivity index is 1.60. The van der Waals surface area contributed by atoms with Crippen LogP contribution in [-0.4, -0.2) is 15.8 Å². The minimum atomic E-state index is -0.553. The molecule has 0 aliphatic heterocycles. The van der Waals surface area contributed by atoms with Gasteiger partial charge in [0.2, 0.25) is 5.89 Å². The predicted octanol–water partition coefficient (Wildman–Crippen LogP) is 5.96. The molecule has 0 unspecified atom stereocenters. The Morgan fingerprint density at radius 1 is 1.03 bits per heavy atom. The number of nitrogens with one attached hydrogen (secondary N) is 1. The summed E-state index contributed by atoms with van der Waals surface area (Å²) < 4.78 is 5.74. The average Bonchev–Trinajstić information content (AvgIpc) is 3.13. The summed E-state index contributed by atoms with van der Waals surface area (Å²) in [4.78, 5) is 27.2. The van der Waals surface area contributed by atoms with Gasteiger partial charge in [-0.3, -0.25) is 14.9 Å². The normalized spacial score (nSPS) is 10.8. The molecule has 1 heterocycles. The van der Waals surface area contributed by atoms with Gasteiger partial charge in [-0.2, -0.15) is 0 Å². The number of aromatic nitrogens is 1. The number of carbonyl (C=O) groups is 1. The van der Waals surface area contributed by atoms with Crippen molar-refractivity contribution in [1.82, 2.24) is 4.98 Å². The van der Waals surface area contributed by atoms with Crippen molar-refractivity contribution in [3.8, 4) is 11.5 Å². The average molecular weight is 428 g/mol. The lowest BCUT2D eigenvalue weighted by Gasteiger charge is -2.04. The maximum atomic E-state index is 12.4. The predicted molar refractivity (Wildman–Crippen MR) is 111 cm³/mol. The van der Waals surface area contributed by atoms with Crippen LogP contribution in [-0.2, 0) is 0 Å². The molecule has 0 fully saturated rings. The van der Waals surface area contributed by atoms with Crippen molar-refractivity contribution in [2.75, 3.05) is 5.32 Å². The standard InChI is InChI=1S/C20H11Cl2N3O4/c21-15-6-4-12(9-16(15)22)20-24-17-10-13(5-7-18(17)29-20)23-19(26)11-2-1-3-14(8-11)25(27)28/h1-10H,(H,23,26). The zero-order valence-corrected chi connectivity index (χ0v) is 16.1. The van der Waals surface area contributed by atoms with E-state index < -0.39 is 10.8 Å². The fraction of sp³-hybridized carbons (Fsp3) is 0. The molecule has 0 saturated heterocycles. The van der Waals surface area contributed by atoms with E-state index in [0.717, 1.165) is 0 Å². The summed E-state index contributed by atoms with van der Waals surface area (Å²) in [5, 5.41) is 14.4. The van der Waals surface area contributed by atoms with Gasteiger partial charge in [-0.1, -0.05) is 29.3 Å². The lowest BCUT2D eigenvalue weighted by molar-refractivity contribution is -0.384. The number of nitrogens with zero attached hydrogens (tertiary/aromatic N) is 2. The molecule has 0 atom stereocenters. The van der Waals surface area contributed by atoms with Gasteiger partial charge in [-0.15, -0.1) is 0 Å². The number of benzene rings is 3. The molecule has 7 nitrogen and oxygen atoms in total. The highest BCUT2D eigenvalue weighted by atomic mass is 35.5. The number of carbonyl (C=O) groups excluding carboxylic acids is 1. The van der Waals surface area contributed by atoms with Crippen LogP contribution in [0, 0.1) is 10.1 Å². The number of hydrogen-bond donors (Lipinski definition) is 1. The van der Waals surface area contributed by atoms with Crippen LogP contribution in [0.2, 0.25) is 10.0 Å². The third-order valence-corrected chi connectivity index (χ3v) is 4.87. The van der Waals surface area contributed by atoms with Crippen LogP contribution in [0.4, 0.5) is 11.4 Å². The lowest BCUT2D eigenvalue weighted by atomic mass is 10.2. The molecule has 144 valence electrons. The second kappa shape index (κ2) is 7.54. The minimum absolute atomic E-state index is 0.157. The molecule has 0 radical (unpaired) electrons. The van der Waals surface area contributed by atoms with E-state index in [-0.39, 0.29) is 11.3 Å². The van der Waals surface area contributed by atoms with Gasteiger partial charge in [0.15, 0.2) is 5.58 Å². The van der Waals surface area contributed by atoms with Crippen LogP contribution < -0.4 is 5.32 Å². The number of hydrogen-bond acceptors (Lipinski definition) is 5. The summed E-state index contributed by atoms with van der Waals surface area (Å²) in [6.07, 6.45) is 0. The van der Waals surface area contributed by atoms with Crippen molar-refractivity contribution in [3.05, 3.63) is 86.4 Å². The molecule has 0 spiro atoms. The van der Waals surface area contributed by atoms with E-state index in [2.05, 4.69) is 10.3 Å². The molecule has 0 saturated carbocycles. The highest BCUT2D eigenvalue weighted by Gasteiger charge is 2.14. The van der Waals surface area contributed by atoms with Gasteiger partial charge in [0.05, 0.1) is 15.0 Å². The summed E-state index contributed by atoms with van der Waals surface area (Å²) in [5.41, 5.74) is 2.22. The maximum absolute atomic E-state index is 12.4. The van der Waals surface area contributed by atoms with E-state index in [9.17, 15) is 14.9 Å². The van der Waals surface area contributed by atoms with Crippen molar-refractivity contribution in [2.24, 2.45) is 0 Å². The molecular formula is C20H11Cl2N3O4. The molecular weight excluding hydrogens is 417 g/mol. The zero-order valence-electron chi connectivity index (χ0n) is 14.6. The minimum Gasteiger partial charge on any atom is -0.436 e. The van der Waals surface area contributed by atoms with E-state index in [0.29, 0.717) is 38.3 Å². The summed E-state index contributed by atoms with van der Waals surface area (Å²) in [6.45, 7) is 0. The number of nitro benzene ring substituents is 1. The Bertz CT molecular complexity index is 1270. The second-order valence-corrected chi connectivity index (χ2v) is 6.91. The Kier molecular flexibility index (Phi) is 4.92. The number of fused-ring (bicyclic) bond motifs is 1. The Morgan fingerprint density at radius 3 is 2.62 bits per heavy atom. The summed E-state index contributed by atoms with van der Waals surface area (Å²) in [7, 11) is 0. The van der Waals surface area contributed by atoms with Gasteiger partial charge in [0, 0.05) is 28.9 Å². The molecule has 0 aliphatic rings. The van der Waals surface area contributed by atoms with E-state index in [4.69, 9.17) is 27.6 Å². The molecule has 29 heavy (non-hydrogen) atoms. The molecule has 4 rings (SSSR count). The third-order valence-electron chi connectivity index (χ3n) is 4.13. The monoisotopic (exact) mass is 427 g/mol. The number of oxazole rings is 1. The number of non-ortho nitro benzene ring substituents is 1. The Hall–Kier alpha value is -3.42. The van der Waals surface area contributed by atoms with Crippen LogP contribution in [0.3, 0.4) is 0 Å². The summed E-state index contributed by atoms with van der Waals surface area (Å²) >= 11 is 12.0. The van der Waals surface area contributed by atoms with Crippen LogP contribution >= 0.6 is 23.2 Å². The van der Waals surface area contributed by atoms with Crippen LogP contribution in [0.1, 0.15) is 10.4 Å². The zero-order chi connectivity index (χ0) is 20.5. The van der Waals surface area contributed by atoms with Crippen molar-refractivity contribution >= 4 is 51.6 Å². The van der Waals surface area contributed by atoms with Crippen molar-refractivity contribution in [2.45, 2.75) is 0 Å².